The molecule has 0 saturated carbocycles. The number of benzene rings is 1. The maximum Gasteiger partial charge on any atom is 0.170 e. The van der Waals surface area contributed by atoms with Gasteiger partial charge < -0.3 is 14.8 Å². The van der Waals surface area contributed by atoms with Crippen LogP contribution in [0.5, 0.6) is 11.5 Å². The van der Waals surface area contributed by atoms with Crippen molar-refractivity contribution in [1.29, 1.82) is 0 Å². The van der Waals surface area contributed by atoms with Crippen LogP contribution in [0.1, 0.15) is 37.0 Å². The number of rotatable bonds is 3. The van der Waals surface area contributed by atoms with E-state index in [0.717, 1.165) is 37.2 Å². The van der Waals surface area contributed by atoms with Crippen LogP contribution in [0, 0.1) is 11.3 Å². The van der Waals surface area contributed by atoms with Gasteiger partial charge in [0.25, 0.3) is 0 Å². The fraction of sp³-hybridized carbons (Fsp3) is 0.588. The summed E-state index contributed by atoms with van der Waals surface area (Å²) in [4.78, 5) is 13.0. The molecule has 1 saturated heterocycles. The Kier molecular flexibility index (Phi) is 3.89. The van der Waals surface area contributed by atoms with E-state index in [-0.39, 0.29) is 11.2 Å². The Morgan fingerprint density at radius 3 is 2.67 bits per heavy atom. The van der Waals surface area contributed by atoms with Gasteiger partial charge in [0.2, 0.25) is 0 Å². The van der Waals surface area contributed by atoms with Crippen LogP contribution in [0.25, 0.3) is 0 Å². The molecule has 1 aromatic rings. The SMILES string of the molecule is CC(C)C1(C(=O)c2ccc3c(c2)OCCCO3)CCNC1. The molecular formula is C17H23NO3. The van der Waals surface area contributed by atoms with Gasteiger partial charge in [0.05, 0.1) is 13.2 Å². The molecule has 3 rings (SSSR count). The van der Waals surface area contributed by atoms with E-state index in [4.69, 9.17) is 9.47 Å². The highest BCUT2D eigenvalue weighted by atomic mass is 16.5. The molecule has 2 aliphatic rings. The first-order chi connectivity index (χ1) is 10.1. The Hall–Kier alpha value is -1.55. The summed E-state index contributed by atoms with van der Waals surface area (Å²) in [7, 11) is 0. The average Bonchev–Trinajstić information content (AvgIpc) is 2.87. The number of carbonyl (C=O) groups is 1. The summed E-state index contributed by atoms with van der Waals surface area (Å²) in [6.07, 6.45) is 1.77. The standard InChI is InChI=1S/C17H23NO3/c1-12(2)17(6-7-18-11-17)16(19)13-4-5-14-15(10-13)21-9-3-8-20-14/h4-5,10,12,18H,3,6-9,11H2,1-2H3. The molecule has 2 heterocycles. The first-order valence-electron chi connectivity index (χ1n) is 7.79. The predicted octanol–water partition coefficient (Wildman–Crippen LogP) is 2.67. The molecule has 0 aromatic heterocycles. The van der Waals surface area contributed by atoms with Gasteiger partial charge in [0.15, 0.2) is 17.3 Å². The van der Waals surface area contributed by atoms with Crippen LogP contribution in [0.2, 0.25) is 0 Å². The van der Waals surface area contributed by atoms with Gasteiger partial charge in [-0.2, -0.15) is 0 Å². The lowest BCUT2D eigenvalue weighted by molar-refractivity contribution is 0.0739. The first kappa shape index (κ1) is 14.4. The van der Waals surface area contributed by atoms with Gasteiger partial charge >= 0.3 is 0 Å². The van der Waals surface area contributed by atoms with Gasteiger partial charge in [0.1, 0.15) is 0 Å². The van der Waals surface area contributed by atoms with E-state index in [1.807, 2.05) is 18.2 Å². The van der Waals surface area contributed by atoms with Crippen molar-refractivity contribution >= 4 is 5.78 Å². The summed E-state index contributed by atoms with van der Waals surface area (Å²) in [6, 6.07) is 5.59. The lowest BCUT2D eigenvalue weighted by Gasteiger charge is -2.31. The summed E-state index contributed by atoms with van der Waals surface area (Å²) in [5.74, 6) is 1.98. The highest BCUT2D eigenvalue weighted by Gasteiger charge is 2.44. The quantitative estimate of drug-likeness (QED) is 0.869. The number of hydrogen-bond donors (Lipinski definition) is 1. The largest absolute Gasteiger partial charge is 0.490 e. The maximum absolute atomic E-state index is 13.0. The zero-order valence-corrected chi connectivity index (χ0v) is 12.8. The minimum absolute atomic E-state index is 0.221. The minimum Gasteiger partial charge on any atom is -0.490 e. The van der Waals surface area contributed by atoms with Crippen molar-refractivity contribution in [1.82, 2.24) is 5.32 Å². The van der Waals surface area contributed by atoms with Gasteiger partial charge in [-0.05, 0) is 37.1 Å². The zero-order valence-electron chi connectivity index (χ0n) is 12.8. The Balaban J connectivity index is 1.92. The molecule has 0 amide bonds. The van der Waals surface area contributed by atoms with Crippen molar-refractivity contribution in [3.63, 3.8) is 0 Å². The molecule has 1 atom stereocenters. The number of fused-ring (bicyclic) bond motifs is 1. The number of hydrogen-bond acceptors (Lipinski definition) is 4. The summed E-state index contributed by atoms with van der Waals surface area (Å²) in [5, 5.41) is 3.34. The molecular weight excluding hydrogens is 266 g/mol. The highest BCUT2D eigenvalue weighted by Crippen LogP contribution is 2.39. The molecule has 1 fully saturated rings. The number of nitrogens with one attached hydrogen (secondary N) is 1. The molecule has 1 aromatic carbocycles. The molecule has 21 heavy (non-hydrogen) atoms. The molecule has 0 spiro atoms. The Morgan fingerprint density at radius 2 is 2.00 bits per heavy atom. The lowest BCUT2D eigenvalue weighted by atomic mass is 9.71. The third-order valence-corrected chi connectivity index (χ3v) is 4.76. The fourth-order valence-electron chi connectivity index (χ4n) is 3.25. The molecule has 4 heteroatoms. The molecule has 0 aliphatic carbocycles. The Morgan fingerprint density at radius 1 is 1.24 bits per heavy atom. The van der Waals surface area contributed by atoms with E-state index >= 15 is 0 Å². The van der Waals surface area contributed by atoms with Crippen LogP contribution in [0.15, 0.2) is 18.2 Å². The van der Waals surface area contributed by atoms with E-state index < -0.39 is 0 Å². The van der Waals surface area contributed by atoms with E-state index in [1.165, 1.54) is 0 Å². The van der Waals surface area contributed by atoms with Crippen molar-refractivity contribution in [3.05, 3.63) is 23.8 Å². The third-order valence-electron chi connectivity index (χ3n) is 4.76. The molecule has 1 unspecified atom stereocenters. The number of ether oxygens (including phenoxy) is 2. The molecule has 4 nitrogen and oxygen atoms in total. The van der Waals surface area contributed by atoms with Crippen LogP contribution in [-0.2, 0) is 0 Å². The van der Waals surface area contributed by atoms with Gasteiger partial charge in [-0.25, -0.2) is 0 Å². The van der Waals surface area contributed by atoms with Crippen LogP contribution in [0.4, 0.5) is 0 Å². The Bertz CT molecular complexity index is 533. The number of ketones is 1. The summed E-state index contributed by atoms with van der Waals surface area (Å²) < 4.78 is 11.3. The average molecular weight is 289 g/mol. The Labute approximate surface area is 125 Å². The molecule has 0 radical (unpaired) electrons. The van der Waals surface area contributed by atoms with Crippen LogP contribution < -0.4 is 14.8 Å². The summed E-state index contributed by atoms with van der Waals surface area (Å²) >= 11 is 0. The second-order valence-corrected chi connectivity index (χ2v) is 6.28. The highest BCUT2D eigenvalue weighted by molar-refractivity contribution is 6.01. The smallest absolute Gasteiger partial charge is 0.170 e. The second kappa shape index (κ2) is 5.68. The minimum atomic E-state index is -0.292. The van der Waals surface area contributed by atoms with Crippen molar-refractivity contribution in [2.75, 3.05) is 26.3 Å². The third kappa shape index (κ3) is 2.53. The maximum atomic E-state index is 13.0. The normalized spacial score (nSPS) is 24.9. The van der Waals surface area contributed by atoms with E-state index in [9.17, 15) is 4.79 Å². The van der Waals surface area contributed by atoms with Crippen LogP contribution >= 0.6 is 0 Å². The molecule has 0 bridgehead atoms. The second-order valence-electron chi connectivity index (χ2n) is 6.28. The van der Waals surface area contributed by atoms with Gasteiger partial charge in [0, 0.05) is 23.9 Å². The lowest BCUT2D eigenvalue weighted by Crippen LogP contribution is -2.38. The topological polar surface area (TPSA) is 47.6 Å². The van der Waals surface area contributed by atoms with Gasteiger partial charge in [-0.1, -0.05) is 13.8 Å². The van der Waals surface area contributed by atoms with Crippen molar-refractivity contribution < 1.29 is 14.3 Å². The van der Waals surface area contributed by atoms with Gasteiger partial charge in [-0.15, -0.1) is 0 Å². The monoisotopic (exact) mass is 289 g/mol. The van der Waals surface area contributed by atoms with E-state index in [0.29, 0.717) is 24.9 Å². The van der Waals surface area contributed by atoms with E-state index in [1.54, 1.807) is 0 Å². The van der Waals surface area contributed by atoms with Gasteiger partial charge in [-0.3, -0.25) is 4.79 Å². The van der Waals surface area contributed by atoms with Crippen LogP contribution in [0.3, 0.4) is 0 Å². The molecule has 114 valence electrons. The summed E-state index contributed by atoms with van der Waals surface area (Å²) in [6.45, 7) is 7.25. The fourth-order valence-corrected chi connectivity index (χ4v) is 3.25. The number of carbonyl (C=O) groups excluding carboxylic acids is 1. The van der Waals surface area contributed by atoms with Crippen molar-refractivity contribution in [3.8, 4) is 11.5 Å². The molecule has 1 N–H and O–H groups in total. The predicted molar refractivity (Wildman–Crippen MR) is 81.1 cm³/mol. The zero-order chi connectivity index (χ0) is 14.9. The van der Waals surface area contributed by atoms with Crippen LogP contribution in [-0.4, -0.2) is 32.1 Å². The van der Waals surface area contributed by atoms with E-state index in [2.05, 4.69) is 19.2 Å². The first-order valence-corrected chi connectivity index (χ1v) is 7.79. The summed E-state index contributed by atoms with van der Waals surface area (Å²) in [5.41, 5.74) is 0.441. The van der Waals surface area contributed by atoms with Crippen molar-refractivity contribution in [2.24, 2.45) is 11.3 Å². The molecule has 2 aliphatic heterocycles. The number of Topliss-reactive ketones (excluding diaryl/α,β-unsaturated/α-hetero) is 1. The van der Waals surface area contributed by atoms with Crippen molar-refractivity contribution in [2.45, 2.75) is 26.7 Å².